The van der Waals surface area contributed by atoms with Crippen molar-refractivity contribution in [2.75, 3.05) is 6.54 Å². The summed E-state index contributed by atoms with van der Waals surface area (Å²) in [6.45, 7) is 2.29. The fourth-order valence-electron chi connectivity index (χ4n) is 0.979. The van der Waals surface area contributed by atoms with E-state index in [1.165, 1.54) is 13.8 Å². The summed E-state index contributed by atoms with van der Waals surface area (Å²) in [4.78, 5) is 9.37. The first-order valence-corrected chi connectivity index (χ1v) is 3.36. The normalized spacial score (nSPS) is 18.9. The summed E-state index contributed by atoms with van der Waals surface area (Å²) in [6.07, 6.45) is -0.696. The molecule has 0 saturated heterocycles. The van der Waals surface area contributed by atoms with Gasteiger partial charge in [-0.3, -0.25) is 10.1 Å². The van der Waals surface area contributed by atoms with Crippen LogP contribution in [-0.2, 0) is 0 Å². The van der Waals surface area contributed by atoms with Gasteiger partial charge in [0.05, 0.1) is 6.10 Å². The molecule has 0 aliphatic heterocycles. The van der Waals surface area contributed by atoms with E-state index in [-0.39, 0.29) is 6.42 Å². The van der Waals surface area contributed by atoms with E-state index >= 15 is 0 Å². The zero-order chi connectivity index (χ0) is 9.07. The van der Waals surface area contributed by atoms with Crippen molar-refractivity contribution >= 4 is 0 Å². The maximum Gasteiger partial charge on any atom is 0.231 e. The van der Waals surface area contributed by atoms with Gasteiger partial charge in [0, 0.05) is 11.3 Å². The monoisotopic (exact) mass is 163 g/mol. The van der Waals surface area contributed by atoms with Gasteiger partial charge in [-0.1, -0.05) is 0 Å². The first-order valence-electron chi connectivity index (χ1n) is 3.36. The molecule has 66 valence electrons. The third-order valence-corrected chi connectivity index (χ3v) is 1.20. The summed E-state index contributed by atoms with van der Waals surface area (Å²) in [7, 11) is 0. The maximum absolute atomic E-state index is 9.96. The maximum atomic E-state index is 9.96. The van der Waals surface area contributed by atoms with Gasteiger partial charge >= 0.3 is 0 Å². The molecule has 2 atom stereocenters. The highest BCUT2D eigenvalue weighted by molar-refractivity contribution is 4.73. The van der Waals surface area contributed by atoms with Crippen LogP contribution in [0.2, 0.25) is 0 Å². The fraction of sp³-hybridized carbons (Fsp3) is 1.00. The second-order valence-corrected chi connectivity index (χ2v) is 3.04. The highest BCUT2D eigenvalue weighted by atomic mass is 16.6. The van der Waals surface area contributed by atoms with E-state index in [2.05, 4.69) is 0 Å². The van der Waals surface area contributed by atoms with E-state index in [9.17, 15) is 15.2 Å². The van der Waals surface area contributed by atoms with Gasteiger partial charge in [-0.2, -0.15) is 0 Å². The molecule has 5 nitrogen and oxygen atoms in total. The lowest BCUT2D eigenvalue weighted by molar-refractivity contribution is -0.500. The highest BCUT2D eigenvalue weighted by Crippen LogP contribution is 2.11. The van der Waals surface area contributed by atoms with Crippen molar-refractivity contribution in [1.29, 1.82) is 0 Å². The molecule has 0 fully saturated rings. The minimum Gasteiger partial charge on any atom is -0.393 e. The molecule has 0 heterocycles. The Kier molecular flexibility index (Phi) is 3.41. The van der Waals surface area contributed by atoms with Gasteiger partial charge in [0.2, 0.25) is 6.54 Å². The highest BCUT2D eigenvalue weighted by Gasteiger charge is 2.28. The van der Waals surface area contributed by atoms with E-state index in [0.29, 0.717) is 0 Å². The smallest absolute Gasteiger partial charge is 0.231 e. The zero-order valence-electron chi connectivity index (χ0n) is 6.65. The second kappa shape index (κ2) is 3.64. The Morgan fingerprint density at radius 1 is 1.73 bits per heavy atom. The average molecular weight is 163 g/mol. The lowest BCUT2D eigenvalue weighted by Gasteiger charge is -2.19. The largest absolute Gasteiger partial charge is 0.393 e. The number of nitrogens with zero attached hydrogens (tertiary/aromatic N) is 1. The van der Waals surface area contributed by atoms with Crippen LogP contribution in [0.25, 0.3) is 0 Å². The third-order valence-electron chi connectivity index (χ3n) is 1.20. The predicted molar refractivity (Wildman–Crippen MR) is 38.8 cm³/mol. The molecule has 0 aromatic rings. The molecule has 0 aliphatic carbocycles. The van der Waals surface area contributed by atoms with Crippen LogP contribution >= 0.6 is 0 Å². The number of aliphatic hydroxyl groups excluding tert-OH is 1. The van der Waals surface area contributed by atoms with Crippen LogP contribution in [0.5, 0.6) is 0 Å². The zero-order valence-corrected chi connectivity index (χ0v) is 6.65. The molecule has 2 N–H and O–H groups in total. The number of hydrogen-bond acceptors (Lipinski definition) is 4. The molecule has 0 spiro atoms. The Bertz CT molecular complexity index is 144. The molecule has 0 aromatic heterocycles. The van der Waals surface area contributed by atoms with Crippen LogP contribution in [0.15, 0.2) is 0 Å². The van der Waals surface area contributed by atoms with E-state index in [1.807, 2.05) is 0 Å². The third kappa shape index (κ3) is 5.75. The molecule has 0 saturated carbocycles. The number of hydrogen-bond donors (Lipinski definition) is 2. The quantitative estimate of drug-likeness (QED) is 0.443. The van der Waals surface area contributed by atoms with Gasteiger partial charge < -0.3 is 10.2 Å². The minimum absolute atomic E-state index is 0.0218. The summed E-state index contributed by atoms with van der Waals surface area (Å²) in [5.74, 6) is 0. The van der Waals surface area contributed by atoms with Crippen molar-refractivity contribution in [2.24, 2.45) is 0 Å². The van der Waals surface area contributed by atoms with Crippen LogP contribution in [0.4, 0.5) is 0 Å². The Hall–Kier alpha value is -0.680. The van der Waals surface area contributed by atoms with Gasteiger partial charge in [-0.25, -0.2) is 0 Å². The lowest BCUT2D eigenvalue weighted by Crippen LogP contribution is -2.36. The molecule has 2 unspecified atom stereocenters. The van der Waals surface area contributed by atoms with E-state index < -0.39 is 23.2 Å². The predicted octanol–water partition coefficient (Wildman–Crippen LogP) is -0.215. The molecule has 0 aliphatic rings. The van der Waals surface area contributed by atoms with Gasteiger partial charge in [-0.15, -0.1) is 0 Å². The molecule has 0 bridgehead atoms. The fourth-order valence-corrected chi connectivity index (χ4v) is 0.979. The molecule has 0 rings (SSSR count). The van der Waals surface area contributed by atoms with Crippen molar-refractivity contribution in [3.63, 3.8) is 0 Å². The topological polar surface area (TPSA) is 83.6 Å². The van der Waals surface area contributed by atoms with E-state index in [1.54, 1.807) is 0 Å². The lowest BCUT2D eigenvalue weighted by atomic mass is 10.00. The average Bonchev–Trinajstić information content (AvgIpc) is 1.53. The van der Waals surface area contributed by atoms with Gasteiger partial charge in [0.1, 0.15) is 5.60 Å². The minimum atomic E-state index is -1.41. The molecular formula is C6H13NO4. The van der Waals surface area contributed by atoms with Crippen molar-refractivity contribution in [1.82, 2.24) is 0 Å². The second-order valence-electron chi connectivity index (χ2n) is 3.04. The van der Waals surface area contributed by atoms with E-state index in [0.717, 1.165) is 0 Å². The Balaban J connectivity index is 3.89. The first kappa shape index (κ1) is 10.3. The molecule has 0 radical (unpaired) electrons. The first-order chi connectivity index (χ1) is 4.83. The number of rotatable bonds is 4. The summed E-state index contributed by atoms with van der Waals surface area (Å²) in [6, 6.07) is 0. The molecule has 0 aromatic carbocycles. The van der Waals surface area contributed by atoms with Crippen LogP contribution < -0.4 is 0 Å². The van der Waals surface area contributed by atoms with Crippen LogP contribution in [0.3, 0.4) is 0 Å². The van der Waals surface area contributed by atoms with Crippen LogP contribution in [0.1, 0.15) is 20.3 Å². The van der Waals surface area contributed by atoms with E-state index in [4.69, 9.17) is 5.11 Å². The summed E-state index contributed by atoms with van der Waals surface area (Å²) in [5.41, 5.74) is -1.41. The van der Waals surface area contributed by atoms with Crippen molar-refractivity contribution in [3.05, 3.63) is 10.1 Å². The summed E-state index contributed by atoms with van der Waals surface area (Å²) >= 11 is 0. The standard InChI is InChI=1S/C6H13NO4/c1-5(8)3-6(2,9)4-7(10)11/h5,8-9H,3-4H2,1-2H3. The summed E-state index contributed by atoms with van der Waals surface area (Å²) in [5, 5.41) is 28.0. The van der Waals surface area contributed by atoms with Crippen LogP contribution in [0, 0.1) is 10.1 Å². The Morgan fingerprint density at radius 3 is 2.45 bits per heavy atom. The summed E-state index contributed by atoms with van der Waals surface area (Å²) < 4.78 is 0. The molecule has 0 amide bonds. The SMILES string of the molecule is CC(O)CC(C)(O)C[N+](=O)[O-]. The van der Waals surface area contributed by atoms with Crippen molar-refractivity contribution in [3.8, 4) is 0 Å². The van der Waals surface area contributed by atoms with Crippen LogP contribution in [-0.4, -0.2) is 33.4 Å². The van der Waals surface area contributed by atoms with Gasteiger partial charge in [0.25, 0.3) is 0 Å². The van der Waals surface area contributed by atoms with Crippen molar-refractivity contribution < 1.29 is 15.1 Å². The molecule has 11 heavy (non-hydrogen) atoms. The van der Waals surface area contributed by atoms with Crippen molar-refractivity contribution in [2.45, 2.75) is 32.0 Å². The Morgan fingerprint density at radius 2 is 2.18 bits per heavy atom. The number of nitro groups is 1. The van der Waals surface area contributed by atoms with Gasteiger partial charge in [0.15, 0.2) is 0 Å². The molecule has 5 heteroatoms. The molecular weight excluding hydrogens is 150 g/mol. The Labute approximate surface area is 64.8 Å². The van der Waals surface area contributed by atoms with Gasteiger partial charge in [-0.05, 0) is 13.8 Å². The number of aliphatic hydroxyl groups is 2.